The van der Waals surface area contributed by atoms with Crippen LogP contribution in [-0.2, 0) is 4.79 Å². The number of halogens is 2. The lowest BCUT2D eigenvalue weighted by atomic mass is 9.89. The third kappa shape index (κ3) is 3.52. The SMILES string of the molecule is Cc1ccc2c(c1)C1CN(C)CCC1N2C(=O)C=Cc1ccc(Cl)cc1Cl. The molecular formula is C22H22Cl2N2O. The highest BCUT2D eigenvalue weighted by molar-refractivity contribution is 6.35. The predicted molar refractivity (Wildman–Crippen MR) is 113 cm³/mol. The number of hydrogen-bond acceptors (Lipinski definition) is 2. The quantitative estimate of drug-likeness (QED) is 0.650. The Hall–Kier alpha value is -1.81. The van der Waals surface area contributed by atoms with Crippen LogP contribution in [0, 0.1) is 6.92 Å². The maximum atomic E-state index is 13.1. The van der Waals surface area contributed by atoms with Crippen LogP contribution in [0.25, 0.3) is 6.08 Å². The van der Waals surface area contributed by atoms with E-state index in [1.54, 1.807) is 24.3 Å². The molecule has 4 rings (SSSR count). The molecule has 1 amide bonds. The second kappa shape index (κ2) is 7.31. The number of carbonyl (C=O) groups is 1. The Morgan fingerprint density at radius 3 is 2.78 bits per heavy atom. The van der Waals surface area contributed by atoms with Gasteiger partial charge in [-0.2, -0.15) is 0 Å². The van der Waals surface area contributed by atoms with E-state index >= 15 is 0 Å². The van der Waals surface area contributed by atoms with Gasteiger partial charge < -0.3 is 9.80 Å². The zero-order valence-electron chi connectivity index (χ0n) is 15.5. The molecule has 0 aromatic heterocycles. The summed E-state index contributed by atoms with van der Waals surface area (Å²) in [6.45, 7) is 4.09. The van der Waals surface area contributed by atoms with Gasteiger partial charge in [0.05, 0.1) is 0 Å². The molecule has 0 saturated carbocycles. The highest BCUT2D eigenvalue weighted by Gasteiger charge is 2.43. The fraction of sp³-hybridized carbons (Fsp3) is 0.318. The third-order valence-electron chi connectivity index (χ3n) is 5.56. The summed E-state index contributed by atoms with van der Waals surface area (Å²) in [6.07, 6.45) is 4.38. The number of hydrogen-bond donors (Lipinski definition) is 0. The van der Waals surface area contributed by atoms with Gasteiger partial charge in [-0.15, -0.1) is 0 Å². The number of anilines is 1. The average Bonchev–Trinajstić information content (AvgIpc) is 2.94. The molecule has 140 valence electrons. The van der Waals surface area contributed by atoms with Crippen LogP contribution in [0.3, 0.4) is 0 Å². The fourth-order valence-electron chi connectivity index (χ4n) is 4.25. The van der Waals surface area contributed by atoms with E-state index in [-0.39, 0.29) is 11.9 Å². The molecule has 5 heteroatoms. The number of likely N-dealkylation sites (N-methyl/N-ethyl adjacent to an activating group) is 1. The number of carbonyl (C=O) groups excluding carboxylic acids is 1. The van der Waals surface area contributed by atoms with Crippen molar-refractivity contribution in [2.45, 2.75) is 25.3 Å². The first-order valence-corrected chi connectivity index (χ1v) is 9.95. The van der Waals surface area contributed by atoms with E-state index in [2.05, 4.69) is 37.1 Å². The van der Waals surface area contributed by atoms with Crippen LogP contribution in [0.2, 0.25) is 10.0 Å². The summed E-state index contributed by atoms with van der Waals surface area (Å²) in [4.78, 5) is 17.5. The molecule has 2 atom stereocenters. The van der Waals surface area contributed by atoms with Gasteiger partial charge >= 0.3 is 0 Å². The monoisotopic (exact) mass is 400 g/mol. The molecule has 0 radical (unpaired) electrons. The number of benzene rings is 2. The molecule has 27 heavy (non-hydrogen) atoms. The average molecular weight is 401 g/mol. The van der Waals surface area contributed by atoms with Crippen molar-refractivity contribution in [3.8, 4) is 0 Å². The normalized spacial score (nSPS) is 22.1. The Bertz CT molecular complexity index is 925. The van der Waals surface area contributed by atoms with Crippen molar-refractivity contribution >= 4 is 40.9 Å². The van der Waals surface area contributed by atoms with Crippen LogP contribution < -0.4 is 4.90 Å². The zero-order valence-corrected chi connectivity index (χ0v) is 17.0. The van der Waals surface area contributed by atoms with Crippen molar-refractivity contribution in [2.24, 2.45) is 0 Å². The second-order valence-electron chi connectivity index (χ2n) is 7.49. The smallest absolute Gasteiger partial charge is 0.251 e. The number of rotatable bonds is 2. The highest BCUT2D eigenvalue weighted by Crippen LogP contribution is 2.45. The number of likely N-dealkylation sites (tertiary alicyclic amines) is 1. The standard InChI is InChI=1S/C22H22Cl2N2O/c1-14-3-7-20-17(11-14)18-13-25(2)10-9-21(18)26(20)22(27)8-5-15-4-6-16(23)12-19(15)24/h3-8,11-12,18,21H,9-10,13H2,1-2H3. The van der Waals surface area contributed by atoms with Crippen molar-refractivity contribution < 1.29 is 4.79 Å². The molecule has 2 aliphatic heterocycles. The summed E-state index contributed by atoms with van der Waals surface area (Å²) in [7, 11) is 2.15. The molecule has 0 aliphatic carbocycles. The molecule has 0 spiro atoms. The molecule has 3 nitrogen and oxygen atoms in total. The molecule has 1 fully saturated rings. The van der Waals surface area contributed by atoms with Crippen molar-refractivity contribution in [3.63, 3.8) is 0 Å². The molecular weight excluding hydrogens is 379 g/mol. The van der Waals surface area contributed by atoms with Crippen molar-refractivity contribution in [2.75, 3.05) is 25.0 Å². The first kappa shape index (κ1) is 18.5. The topological polar surface area (TPSA) is 23.6 Å². The number of nitrogens with zero attached hydrogens (tertiary/aromatic N) is 2. The second-order valence-corrected chi connectivity index (χ2v) is 8.34. The van der Waals surface area contributed by atoms with E-state index in [0.29, 0.717) is 16.0 Å². The van der Waals surface area contributed by atoms with Gasteiger partial charge in [-0.3, -0.25) is 4.79 Å². The maximum absolute atomic E-state index is 13.1. The van der Waals surface area contributed by atoms with Crippen LogP contribution in [0.5, 0.6) is 0 Å². The van der Waals surface area contributed by atoms with Crippen LogP contribution in [0.1, 0.15) is 29.0 Å². The van der Waals surface area contributed by atoms with E-state index < -0.39 is 0 Å². The Balaban J connectivity index is 1.66. The van der Waals surface area contributed by atoms with E-state index in [0.717, 1.165) is 30.8 Å². The largest absolute Gasteiger partial charge is 0.306 e. The first-order chi connectivity index (χ1) is 12.9. The Kier molecular flexibility index (Phi) is 5.02. The van der Waals surface area contributed by atoms with Crippen molar-refractivity contribution in [1.82, 2.24) is 4.90 Å². The molecule has 1 saturated heterocycles. The minimum Gasteiger partial charge on any atom is -0.306 e. The Morgan fingerprint density at radius 1 is 1.19 bits per heavy atom. The molecule has 2 unspecified atom stereocenters. The first-order valence-electron chi connectivity index (χ1n) is 9.19. The van der Waals surface area contributed by atoms with Gasteiger partial charge in [0.1, 0.15) is 0 Å². The molecule has 2 heterocycles. The van der Waals surface area contributed by atoms with Crippen LogP contribution in [-0.4, -0.2) is 37.0 Å². The van der Waals surface area contributed by atoms with Crippen molar-refractivity contribution in [1.29, 1.82) is 0 Å². The third-order valence-corrected chi connectivity index (χ3v) is 6.12. The zero-order chi connectivity index (χ0) is 19.1. The molecule has 0 bridgehead atoms. The highest BCUT2D eigenvalue weighted by atomic mass is 35.5. The molecule has 2 aromatic rings. The molecule has 2 aromatic carbocycles. The van der Waals surface area contributed by atoms with Gasteiger partial charge in [-0.05, 0) is 62.3 Å². The summed E-state index contributed by atoms with van der Waals surface area (Å²) >= 11 is 12.2. The fourth-order valence-corrected chi connectivity index (χ4v) is 4.72. The van der Waals surface area contributed by atoms with Gasteiger partial charge in [-0.1, -0.05) is 47.0 Å². The van der Waals surface area contributed by atoms with E-state index in [1.165, 1.54) is 11.1 Å². The van der Waals surface area contributed by atoms with Crippen LogP contribution in [0.15, 0.2) is 42.5 Å². The van der Waals surface area contributed by atoms with Crippen LogP contribution in [0.4, 0.5) is 5.69 Å². The van der Waals surface area contributed by atoms with Gasteiger partial charge in [-0.25, -0.2) is 0 Å². The summed E-state index contributed by atoms with van der Waals surface area (Å²) in [5, 5.41) is 1.13. The van der Waals surface area contributed by atoms with Gasteiger partial charge in [0.25, 0.3) is 5.91 Å². The number of piperidine rings is 1. The summed E-state index contributed by atoms with van der Waals surface area (Å²) in [5.74, 6) is 0.373. The Labute approximate surface area is 170 Å². The summed E-state index contributed by atoms with van der Waals surface area (Å²) in [6, 6.07) is 11.9. The lowest BCUT2D eigenvalue weighted by Gasteiger charge is -2.36. The van der Waals surface area contributed by atoms with Gasteiger partial charge in [0, 0.05) is 40.3 Å². The lowest BCUT2D eigenvalue weighted by molar-refractivity contribution is -0.114. The Morgan fingerprint density at radius 2 is 2.00 bits per heavy atom. The minimum atomic E-state index is 0.00294. The van der Waals surface area contributed by atoms with E-state index in [9.17, 15) is 4.79 Å². The number of aryl methyl sites for hydroxylation is 1. The van der Waals surface area contributed by atoms with Gasteiger partial charge in [0.2, 0.25) is 0 Å². The van der Waals surface area contributed by atoms with E-state index in [4.69, 9.17) is 23.2 Å². The van der Waals surface area contributed by atoms with Crippen molar-refractivity contribution in [3.05, 3.63) is 69.2 Å². The molecule has 2 aliphatic rings. The van der Waals surface area contributed by atoms with E-state index in [1.807, 2.05) is 11.0 Å². The maximum Gasteiger partial charge on any atom is 0.251 e. The minimum absolute atomic E-state index is 0.00294. The van der Waals surface area contributed by atoms with Crippen LogP contribution >= 0.6 is 23.2 Å². The molecule has 0 N–H and O–H groups in total. The number of amides is 1. The van der Waals surface area contributed by atoms with Gasteiger partial charge in [0.15, 0.2) is 0 Å². The predicted octanol–water partition coefficient (Wildman–Crippen LogP) is 5.15. The summed E-state index contributed by atoms with van der Waals surface area (Å²) < 4.78 is 0. The number of fused-ring (bicyclic) bond motifs is 3. The summed E-state index contributed by atoms with van der Waals surface area (Å²) in [5.41, 5.74) is 4.36. The lowest BCUT2D eigenvalue weighted by Crippen LogP contribution is -2.46.